The Morgan fingerprint density at radius 2 is 1.88 bits per heavy atom. The number of allylic oxidation sites excluding steroid dienone is 2. The first-order chi connectivity index (χ1) is 28.8. The van der Waals surface area contributed by atoms with Gasteiger partial charge in [0.1, 0.15) is 22.8 Å². The molecule has 4 aromatic rings. The van der Waals surface area contributed by atoms with E-state index in [-0.39, 0.29) is 28.3 Å². The molecule has 0 saturated carbocycles. The Balaban J connectivity index is 1.09. The number of fused-ring (bicyclic) bond motifs is 1. The number of nitro groups is 1. The topological polar surface area (TPSA) is 172 Å². The predicted octanol–water partition coefficient (Wildman–Crippen LogP) is 8.60. The second-order valence-corrected chi connectivity index (χ2v) is 18.8. The zero-order valence-corrected chi connectivity index (χ0v) is 35.7. The molecule has 1 amide bonds. The number of H-pyrrole nitrogens is 1. The Bertz CT molecular complexity index is 2360. The standard InChI is InChI=1S/C45H57N7O7S/c1-5-6-7-31(2)39-27-45(3,4)16-12-34(39)30-50-18-20-51(21-19-50)35-8-10-38(42(25-35)59-36-24-33-13-17-46-43(33)48-29-36)44(53)49-60(56,57)37-9-11-40(41(26-37)52(54)55)47-28-32-14-22-58-23-15-32/h8-11,13,17,24-26,29,32,47H,2,5-7,12,14-16,18-23,27-28,30H2,1,3-4H3,(H,46,48)(H,49,53). The van der Waals surface area contributed by atoms with Crippen molar-refractivity contribution in [1.29, 1.82) is 0 Å². The molecule has 4 heterocycles. The van der Waals surface area contributed by atoms with Gasteiger partial charge in [0.2, 0.25) is 0 Å². The van der Waals surface area contributed by atoms with E-state index in [1.165, 1.54) is 41.5 Å². The van der Waals surface area contributed by atoms with E-state index < -0.39 is 31.4 Å². The van der Waals surface area contributed by atoms with Crippen LogP contribution in [0.15, 0.2) is 89.1 Å². The van der Waals surface area contributed by atoms with Crippen LogP contribution in [0, 0.1) is 21.4 Å². The minimum absolute atomic E-state index is 0.0256. The summed E-state index contributed by atoms with van der Waals surface area (Å²) in [7, 11) is -4.54. The molecule has 2 aliphatic heterocycles. The first-order valence-electron chi connectivity index (χ1n) is 21.1. The SMILES string of the molecule is C=C(CCCC)C1=C(CN2CCN(c3ccc(C(=O)NS(=O)(=O)c4ccc(NCC5CCOCC5)c([N+](=O)[O-])c4)c(Oc4cnc5[nH]ccc5c4)c3)CC2)CCC(C)(C)C1. The zero-order valence-electron chi connectivity index (χ0n) is 34.9. The second-order valence-electron chi connectivity index (χ2n) is 17.1. The van der Waals surface area contributed by atoms with Crippen LogP contribution >= 0.6 is 0 Å². The summed E-state index contributed by atoms with van der Waals surface area (Å²) in [6, 6.07) is 12.3. The molecule has 15 heteroatoms. The van der Waals surface area contributed by atoms with E-state index in [9.17, 15) is 23.3 Å². The van der Waals surface area contributed by atoms with E-state index in [1.807, 2.05) is 6.07 Å². The number of pyridine rings is 1. The Hall–Kier alpha value is -5.25. The highest BCUT2D eigenvalue weighted by molar-refractivity contribution is 7.90. The molecule has 3 aliphatic rings. The fourth-order valence-corrected chi connectivity index (χ4v) is 9.34. The zero-order chi connectivity index (χ0) is 42.4. The van der Waals surface area contributed by atoms with Crippen LogP contribution in [0.1, 0.15) is 82.5 Å². The number of aromatic nitrogens is 2. The smallest absolute Gasteiger partial charge is 0.293 e. The lowest BCUT2D eigenvalue weighted by Gasteiger charge is -2.39. The highest BCUT2D eigenvalue weighted by Crippen LogP contribution is 2.42. The number of piperazine rings is 1. The molecule has 60 heavy (non-hydrogen) atoms. The third-order valence-corrected chi connectivity index (χ3v) is 13.4. The molecule has 0 atom stereocenters. The van der Waals surface area contributed by atoms with Crippen LogP contribution in [0.3, 0.4) is 0 Å². The first-order valence-corrected chi connectivity index (χ1v) is 22.6. The number of nitrogens with one attached hydrogen (secondary N) is 3. The van der Waals surface area contributed by atoms with Crippen LogP contribution in [-0.2, 0) is 14.8 Å². The number of aromatic amines is 1. The van der Waals surface area contributed by atoms with E-state index in [2.05, 4.69) is 57.2 Å². The number of hydrogen-bond donors (Lipinski definition) is 3. The predicted molar refractivity (Wildman–Crippen MR) is 234 cm³/mol. The molecule has 2 aromatic heterocycles. The molecule has 0 radical (unpaired) electrons. The lowest BCUT2D eigenvalue weighted by Crippen LogP contribution is -2.47. The Morgan fingerprint density at radius 3 is 2.63 bits per heavy atom. The van der Waals surface area contributed by atoms with Crippen LogP contribution in [0.2, 0.25) is 0 Å². The molecule has 14 nitrogen and oxygen atoms in total. The summed E-state index contributed by atoms with van der Waals surface area (Å²) in [6.07, 6.45) is 11.6. The molecule has 0 unspecified atom stereocenters. The van der Waals surface area contributed by atoms with Gasteiger partial charge in [-0.15, -0.1) is 0 Å². The lowest BCUT2D eigenvalue weighted by molar-refractivity contribution is -0.384. The molecule has 2 fully saturated rings. The summed E-state index contributed by atoms with van der Waals surface area (Å²) >= 11 is 0. The van der Waals surface area contributed by atoms with Crippen molar-refractivity contribution < 1.29 is 27.6 Å². The van der Waals surface area contributed by atoms with E-state index >= 15 is 0 Å². The van der Waals surface area contributed by atoms with Gasteiger partial charge < -0.3 is 24.7 Å². The first kappa shape index (κ1) is 42.9. The third-order valence-electron chi connectivity index (χ3n) is 12.0. The molecule has 320 valence electrons. The van der Waals surface area contributed by atoms with E-state index in [4.69, 9.17) is 9.47 Å². The van der Waals surface area contributed by atoms with E-state index in [0.29, 0.717) is 31.2 Å². The molecule has 2 saturated heterocycles. The van der Waals surface area contributed by atoms with Crippen LogP contribution in [0.25, 0.3) is 11.0 Å². The normalized spacial score (nSPS) is 17.8. The minimum atomic E-state index is -4.54. The maximum absolute atomic E-state index is 13.9. The number of anilines is 2. The maximum atomic E-state index is 13.9. The number of ether oxygens (including phenoxy) is 2. The quantitative estimate of drug-likeness (QED) is 0.0729. The summed E-state index contributed by atoms with van der Waals surface area (Å²) in [5, 5.41) is 16.0. The highest BCUT2D eigenvalue weighted by atomic mass is 32.2. The van der Waals surface area contributed by atoms with Gasteiger partial charge in [-0.1, -0.05) is 44.9 Å². The van der Waals surface area contributed by atoms with Crippen molar-refractivity contribution in [2.24, 2.45) is 11.3 Å². The average Bonchev–Trinajstić information content (AvgIpc) is 3.71. The molecule has 0 bridgehead atoms. The average molecular weight is 840 g/mol. The highest BCUT2D eigenvalue weighted by Gasteiger charge is 2.31. The number of sulfonamides is 1. The van der Waals surface area contributed by atoms with Gasteiger partial charge in [0.15, 0.2) is 0 Å². The number of amides is 1. The van der Waals surface area contributed by atoms with Gasteiger partial charge in [-0.05, 0) is 98.2 Å². The van der Waals surface area contributed by atoms with Crippen LogP contribution in [0.4, 0.5) is 17.1 Å². The molecule has 2 aromatic carbocycles. The van der Waals surface area contributed by atoms with Crippen LogP contribution in [0.5, 0.6) is 11.5 Å². The van der Waals surface area contributed by atoms with Crippen molar-refractivity contribution >= 4 is 44.0 Å². The number of hydrogen-bond acceptors (Lipinski definition) is 11. The second kappa shape index (κ2) is 18.6. The minimum Gasteiger partial charge on any atom is -0.455 e. The summed E-state index contributed by atoms with van der Waals surface area (Å²) in [4.78, 5) is 37.1. The van der Waals surface area contributed by atoms with Gasteiger partial charge in [-0.3, -0.25) is 19.8 Å². The monoisotopic (exact) mass is 839 g/mol. The number of nitrogens with zero attached hydrogens (tertiary/aromatic N) is 4. The van der Waals surface area contributed by atoms with Crippen molar-refractivity contribution in [3.63, 3.8) is 0 Å². The number of nitro benzene ring substituents is 1. The third kappa shape index (κ3) is 10.4. The summed E-state index contributed by atoms with van der Waals surface area (Å²) < 4.78 is 41.1. The van der Waals surface area contributed by atoms with Gasteiger partial charge in [-0.25, -0.2) is 18.1 Å². The number of benzene rings is 2. The Kier molecular flexibility index (Phi) is 13.3. The number of carbonyl (C=O) groups excluding carboxylic acids is 1. The van der Waals surface area contributed by atoms with Gasteiger partial charge in [-0.2, -0.15) is 0 Å². The fourth-order valence-electron chi connectivity index (χ4n) is 8.36. The molecule has 1 aliphatic carbocycles. The van der Waals surface area contributed by atoms with Gasteiger partial charge in [0.05, 0.1) is 21.6 Å². The summed E-state index contributed by atoms with van der Waals surface area (Å²) in [5.41, 5.74) is 5.82. The van der Waals surface area contributed by atoms with Crippen molar-refractivity contribution in [1.82, 2.24) is 19.6 Å². The van der Waals surface area contributed by atoms with Gasteiger partial charge in [0.25, 0.3) is 21.6 Å². The van der Waals surface area contributed by atoms with Crippen molar-refractivity contribution in [3.05, 3.63) is 99.9 Å². The molecule has 0 spiro atoms. The molecular formula is C45H57N7O7S. The van der Waals surface area contributed by atoms with Crippen molar-refractivity contribution in [3.8, 4) is 11.5 Å². The maximum Gasteiger partial charge on any atom is 0.293 e. The number of unbranched alkanes of at least 4 members (excludes halogenated alkanes) is 1. The molecule has 3 N–H and O–H groups in total. The van der Waals surface area contributed by atoms with Gasteiger partial charge in [0, 0.05) is 81.9 Å². The Labute approximate surface area is 352 Å². The molecular weight excluding hydrogens is 783 g/mol. The summed E-state index contributed by atoms with van der Waals surface area (Å²) in [5.74, 6) is -0.161. The fraction of sp³-hybridized carbons (Fsp3) is 0.467. The Morgan fingerprint density at radius 1 is 1.10 bits per heavy atom. The van der Waals surface area contributed by atoms with Gasteiger partial charge >= 0.3 is 0 Å². The number of carbonyl (C=O) groups is 1. The molecule has 7 rings (SSSR count). The lowest BCUT2D eigenvalue weighted by atomic mass is 9.72. The summed E-state index contributed by atoms with van der Waals surface area (Å²) in [6.45, 7) is 17.3. The largest absolute Gasteiger partial charge is 0.455 e. The number of rotatable bonds is 16. The van der Waals surface area contributed by atoms with Crippen LogP contribution < -0.4 is 19.7 Å². The van der Waals surface area contributed by atoms with Crippen LogP contribution in [-0.4, -0.2) is 86.6 Å². The van der Waals surface area contributed by atoms with E-state index in [1.54, 1.807) is 30.5 Å². The van der Waals surface area contributed by atoms with E-state index in [0.717, 1.165) is 94.8 Å². The van der Waals surface area contributed by atoms with Crippen molar-refractivity contribution in [2.75, 3.05) is 62.7 Å². The van der Waals surface area contributed by atoms with Crippen molar-refractivity contribution in [2.45, 2.75) is 77.0 Å².